The van der Waals surface area contributed by atoms with Crippen molar-refractivity contribution in [3.05, 3.63) is 9.81 Å². The fraction of sp³-hybridized carbons (Fsp3) is 0.847. The molecule has 0 aromatic carbocycles. The molecule has 0 saturated heterocycles. The van der Waals surface area contributed by atoms with Crippen LogP contribution in [0.4, 0.5) is 0 Å². The number of carbonyl (C=O) groups excluding carboxylic acids is 9. The van der Waals surface area contributed by atoms with E-state index in [1.807, 2.05) is 27.7 Å². The van der Waals surface area contributed by atoms with E-state index >= 15 is 0 Å². The molecule has 0 fully saturated rings. The van der Waals surface area contributed by atoms with Crippen LogP contribution in [0.15, 0.2) is 10.4 Å². The van der Waals surface area contributed by atoms with Gasteiger partial charge in [0, 0.05) is 70.2 Å². The van der Waals surface area contributed by atoms with Crippen LogP contribution in [0.25, 0.3) is 0 Å². The summed E-state index contributed by atoms with van der Waals surface area (Å²) in [5.41, 5.74) is 33.7. The lowest BCUT2D eigenvalue weighted by molar-refractivity contribution is -0.136. The van der Waals surface area contributed by atoms with Crippen molar-refractivity contribution in [3.63, 3.8) is 0 Å². The second kappa shape index (κ2) is 49.7. The van der Waals surface area contributed by atoms with Gasteiger partial charge >= 0.3 is 0 Å². The third-order valence-corrected chi connectivity index (χ3v) is 16.0. The molecule has 31 heteroatoms. The number of carbonyl (C=O) groups is 9. The molecule has 23 N–H and O–H groups in total. The van der Waals surface area contributed by atoms with Crippen molar-refractivity contribution >= 4 is 53.2 Å². The maximum absolute atomic E-state index is 14.4. The fourth-order valence-corrected chi connectivity index (χ4v) is 9.21. The molecule has 90 heavy (non-hydrogen) atoms. The molecule has 9 amide bonds. The highest BCUT2D eigenvalue weighted by molar-refractivity contribution is 5.97. The Morgan fingerprint density at radius 3 is 0.944 bits per heavy atom. The zero-order valence-electron chi connectivity index (χ0n) is 55.2. The largest absolute Gasteiger partial charge is 0.358 e. The monoisotopic (exact) mass is 1280 g/mol. The molecule has 0 heterocycles. The van der Waals surface area contributed by atoms with Crippen molar-refractivity contribution in [3.8, 4) is 0 Å². The molecule has 31 nitrogen and oxygen atoms in total. The fourth-order valence-electron chi connectivity index (χ4n) is 9.21. The molecule has 520 valence electrons. The first-order chi connectivity index (χ1) is 42.8. The van der Waals surface area contributed by atoms with Crippen molar-refractivity contribution in [2.24, 2.45) is 44.8 Å². The van der Waals surface area contributed by atoms with Crippen molar-refractivity contribution < 1.29 is 43.2 Å². The van der Waals surface area contributed by atoms with Gasteiger partial charge in [-0.25, -0.2) is 0 Å². The van der Waals surface area contributed by atoms with Gasteiger partial charge in [-0.3, -0.25) is 48.1 Å². The molecule has 0 aliphatic rings. The lowest BCUT2D eigenvalue weighted by Crippen LogP contribution is -2.59. The Balaban J connectivity index is 6.52. The van der Waals surface area contributed by atoms with E-state index in [1.165, 1.54) is 7.05 Å². The Bertz CT molecular complexity index is 2080. The Labute approximate surface area is 534 Å². The van der Waals surface area contributed by atoms with E-state index in [2.05, 4.69) is 73.7 Å². The van der Waals surface area contributed by atoms with Crippen molar-refractivity contribution in [2.45, 2.75) is 229 Å². The summed E-state index contributed by atoms with van der Waals surface area (Å²) in [6, 6.07) is -8.02. The number of unbranched alkanes of at least 4 members (excludes halogenated alkanes) is 6. The number of amides is 9. The number of hydrogen-bond donors (Lipinski definition) is 17. The molecule has 0 aliphatic heterocycles. The van der Waals surface area contributed by atoms with E-state index in [-0.39, 0.29) is 84.1 Å². The van der Waals surface area contributed by atoms with E-state index in [4.69, 9.17) is 34.4 Å². The van der Waals surface area contributed by atoms with Crippen molar-refractivity contribution in [1.29, 1.82) is 0 Å². The van der Waals surface area contributed by atoms with Gasteiger partial charge < -0.3 is 92.9 Å². The van der Waals surface area contributed by atoms with Crippen LogP contribution >= 0.6 is 0 Å². The van der Waals surface area contributed by atoms with E-state index in [1.54, 1.807) is 13.8 Å². The van der Waals surface area contributed by atoms with Crippen LogP contribution in [-0.2, 0) is 43.2 Å². The van der Waals surface area contributed by atoms with Gasteiger partial charge in [-0.2, -0.15) is 9.81 Å². The second-order valence-electron chi connectivity index (χ2n) is 24.1. The third kappa shape index (κ3) is 37.4. The number of nitrogens with one attached hydrogen (secondary N) is 11. The minimum atomic E-state index is -1.24. The predicted molar refractivity (Wildman–Crippen MR) is 349 cm³/mol. The summed E-state index contributed by atoms with van der Waals surface area (Å²) < 4.78 is 0. The number of hydrogen-bond acceptors (Lipinski definition) is 22. The maximum atomic E-state index is 14.4. The average molecular weight is 1280 g/mol. The summed E-state index contributed by atoms with van der Waals surface area (Å²) in [6.07, 6.45) is 5.88. The summed E-state index contributed by atoms with van der Waals surface area (Å²) in [6.45, 7) is 15.3. The third-order valence-electron chi connectivity index (χ3n) is 16.0. The van der Waals surface area contributed by atoms with E-state index < -0.39 is 113 Å². The number of rotatable bonds is 56. The Morgan fingerprint density at radius 2 is 0.656 bits per heavy atom. The normalized spacial score (nSPS) is 14.3. The zero-order chi connectivity index (χ0) is 67.9. The number of nitrogens with two attached hydrogens (primary N) is 6. The second-order valence-corrected chi connectivity index (χ2v) is 24.1. The molecule has 0 saturated carbocycles. The number of likely N-dealkylation sites (N-methyl/N-ethyl adjacent to an activating group) is 1. The van der Waals surface area contributed by atoms with E-state index in [0.717, 1.165) is 0 Å². The van der Waals surface area contributed by atoms with E-state index in [9.17, 15) is 53.0 Å². The summed E-state index contributed by atoms with van der Waals surface area (Å²) in [5.74, 6) is -5.54. The Hall–Kier alpha value is -5.93. The molecule has 0 aromatic heterocycles. The van der Waals surface area contributed by atoms with Gasteiger partial charge in [-0.05, 0) is 196 Å². The first-order valence-electron chi connectivity index (χ1n) is 32.5. The lowest BCUT2D eigenvalue weighted by Gasteiger charge is -2.32. The van der Waals surface area contributed by atoms with Crippen molar-refractivity contribution in [2.75, 3.05) is 92.1 Å². The highest BCUT2D eigenvalue weighted by atomic mass is 16.3. The first-order valence-corrected chi connectivity index (χ1v) is 32.5. The molecule has 0 aliphatic carbocycles. The molecule has 0 aromatic rings. The van der Waals surface area contributed by atoms with Gasteiger partial charge in [0.15, 0.2) is 0 Å². The molecule has 0 radical (unpaired) electrons. The molecule has 0 rings (SSSR count). The van der Waals surface area contributed by atoms with Crippen LogP contribution in [0.2, 0.25) is 0 Å². The molecule has 8 atom stereocenters. The van der Waals surface area contributed by atoms with Gasteiger partial charge in [-0.15, -0.1) is 0 Å². The number of nitroso groups, excluding NO2 is 2. The van der Waals surface area contributed by atoms with Crippen LogP contribution in [0.5, 0.6) is 0 Å². The van der Waals surface area contributed by atoms with Crippen LogP contribution in [-0.4, -0.2) is 210 Å². The van der Waals surface area contributed by atoms with Gasteiger partial charge in [0.1, 0.15) is 48.3 Å². The topological polar surface area (TPSA) is 504 Å². The smallest absolute Gasteiger partial charge is 0.243 e. The van der Waals surface area contributed by atoms with Crippen LogP contribution in [0.1, 0.15) is 170 Å². The number of nitrogens with zero attached hydrogens (tertiary/aromatic N) is 3. The SMILES string of the molecule is CNC(=O)CNC(=O)[C@H](CCCCN)NC(=O)[C@H](CCCCN)NC(=O)[C@H](CCCCN)NC(=O)[C@H](CCCCN)NC(=O)[C@H](CCCCN)NC(=O)[C@H](CCCCN)NC(=O)CCC(=O)NCCN(CCNC(C)(C)C(C)N=O)CCNC(C)(C)C(C)N=O. The van der Waals surface area contributed by atoms with Gasteiger partial charge in [0.2, 0.25) is 53.2 Å². The molecule has 2 unspecified atom stereocenters. The van der Waals surface area contributed by atoms with Crippen molar-refractivity contribution in [1.82, 2.24) is 63.4 Å². The predicted octanol–water partition coefficient (Wildman–Crippen LogP) is -2.22. The maximum Gasteiger partial charge on any atom is 0.243 e. The molecular weight excluding hydrogens is 1160 g/mol. The Morgan fingerprint density at radius 1 is 0.378 bits per heavy atom. The summed E-state index contributed by atoms with van der Waals surface area (Å²) in [5, 5.41) is 37.5. The molecule has 0 spiro atoms. The van der Waals surface area contributed by atoms with Gasteiger partial charge in [-0.1, -0.05) is 10.4 Å². The van der Waals surface area contributed by atoms with Gasteiger partial charge in [0.25, 0.3) is 0 Å². The van der Waals surface area contributed by atoms with Crippen LogP contribution < -0.4 is 92.9 Å². The minimum absolute atomic E-state index is 0.0877. The zero-order valence-corrected chi connectivity index (χ0v) is 55.2. The summed E-state index contributed by atoms with van der Waals surface area (Å²) in [4.78, 5) is 148. The molecule has 0 bridgehead atoms. The van der Waals surface area contributed by atoms with E-state index in [0.29, 0.717) is 129 Å². The minimum Gasteiger partial charge on any atom is -0.358 e. The quantitative estimate of drug-likeness (QED) is 0.0226. The highest BCUT2D eigenvalue weighted by Gasteiger charge is 2.34. The highest BCUT2D eigenvalue weighted by Crippen LogP contribution is 2.15. The van der Waals surface area contributed by atoms with Crippen LogP contribution in [0.3, 0.4) is 0 Å². The average Bonchev–Trinajstić information content (AvgIpc) is 2.47. The lowest BCUT2D eigenvalue weighted by atomic mass is 9.97. The summed E-state index contributed by atoms with van der Waals surface area (Å²) in [7, 11) is 1.42. The standard InChI is InChI=1S/C59H118N20O11/c1-41(77-89)58(3,4)69-35-38-79(39-36-70-59(5,6)42(2)78-90)37-34-67-49(80)26-27-50(81)71-44(21-9-15-29-61)53(84)73-46(23-11-17-31-63)55(86)75-48(25-13-19-33-65)57(88)76-47(24-12-18-32-64)56(87)74-45(22-10-16-30-62)54(85)72-43(20-8-14-28-60)52(83)68-40-51(82)66-7/h41-48,69-70H,8-40,60-65H2,1-7H3,(H,66,82)(H,67,80)(H,68,83)(H,71,81)(H,72,85)(H,73,84)(H,74,87)(H,75,86)(H,76,88)/t41?,42?,43-,44-,45-,46-,47-,48-/m0/s1. The molecular formula is C59H118N20O11. The van der Waals surface area contributed by atoms with Crippen LogP contribution in [0, 0.1) is 9.81 Å². The Kier molecular flexibility index (Phi) is 46.5. The van der Waals surface area contributed by atoms with Gasteiger partial charge in [0.05, 0.1) is 6.54 Å². The first kappa shape index (κ1) is 84.1. The summed E-state index contributed by atoms with van der Waals surface area (Å²) >= 11 is 0.